The van der Waals surface area contributed by atoms with Crippen LogP contribution < -0.4 is 20.9 Å². The van der Waals surface area contributed by atoms with Gasteiger partial charge >= 0.3 is 5.91 Å². The first-order valence-corrected chi connectivity index (χ1v) is 8.08. The second kappa shape index (κ2) is 9.26. The van der Waals surface area contributed by atoms with Crippen LogP contribution >= 0.6 is 0 Å². The van der Waals surface area contributed by atoms with E-state index in [-0.39, 0.29) is 18.3 Å². The van der Waals surface area contributed by atoms with Crippen molar-refractivity contribution >= 4 is 17.7 Å². The number of furan rings is 1. The normalized spacial score (nSPS) is 11.5. The lowest BCUT2D eigenvalue weighted by Crippen LogP contribution is -2.55. The molecular weight excluding hydrogens is 338 g/mol. The molecular formula is C18H21N3O5. The van der Waals surface area contributed by atoms with Crippen molar-refractivity contribution in [2.24, 2.45) is 5.92 Å². The van der Waals surface area contributed by atoms with E-state index in [0.29, 0.717) is 5.75 Å². The number of hydrazine groups is 1. The summed E-state index contributed by atoms with van der Waals surface area (Å²) < 4.78 is 10.3. The smallest absolute Gasteiger partial charge is 0.305 e. The third-order valence-corrected chi connectivity index (χ3v) is 3.42. The van der Waals surface area contributed by atoms with E-state index < -0.39 is 23.8 Å². The van der Waals surface area contributed by atoms with Gasteiger partial charge in [0.1, 0.15) is 11.8 Å². The lowest BCUT2D eigenvalue weighted by Gasteiger charge is -2.21. The summed E-state index contributed by atoms with van der Waals surface area (Å²) in [5, 5.41) is 2.59. The van der Waals surface area contributed by atoms with Gasteiger partial charge in [0.25, 0.3) is 11.8 Å². The van der Waals surface area contributed by atoms with E-state index in [2.05, 4.69) is 16.2 Å². The molecule has 0 aliphatic carbocycles. The molecule has 0 saturated heterocycles. The van der Waals surface area contributed by atoms with E-state index in [1.807, 2.05) is 6.07 Å². The number of hydrogen-bond donors (Lipinski definition) is 3. The number of amides is 3. The lowest BCUT2D eigenvalue weighted by atomic mass is 10.0. The number of carbonyl (C=O) groups is 3. The minimum Gasteiger partial charge on any atom is -0.484 e. The van der Waals surface area contributed by atoms with Gasteiger partial charge in [-0.05, 0) is 30.2 Å². The van der Waals surface area contributed by atoms with Crippen LogP contribution in [0.4, 0.5) is 0 Å². The van der Waals surface area contributed by atoms with Gasteiger partial charge in [-0.25, -0.2) is 0 Å². The number of carbonyl (C=O) groups excluding carboxylic acids is 3. The zero-order valence-electron chi connectivity index (χ0n) is 14.5. The predicted octanol–water partition coefficient (Wildman–Crippen LogP) is 1.26. The van der Waals surface area contributed by atoms with Crippen molar-refractivity contribution in [1.29, 1.82) is 0 Å². The van der Waals surface area contributed by atoms with Gasteiger partial charge in [0, 0.05) is 0 Å². The van der Waals surface area contributed by atoms with E-state index in [9.17, 15) is 14.4 Å². The Labute approximate surface area is 150 Å². The van der Waals surface area contributed by atoms with E-state index >= 15 is 0 Å². The quantitative estimate of drug-likeness (QED) is 0.645. The standard InChI is InChI=1S/C18H21N3O5/c1-12(2)16(18(24)21-20-17(23)14-9-6-10-25-14)19-15(22)11-26-13-7-4-3-5-8-13/h3-10,12,16H,11H2,1-2H3,(H,19,22)(H,20,23)(H,21,24)/t16-/m0/s1. The van der Waals surface area contributed by atoms with Crippen LogP contribution in [-0.2, 0) is 9.59 Å². The summed E-state index contributed by atoms with van der Waals surface area (Å²) in [5.74, 6) is -1.17. The van der Waals surface area contributed by atoms with Crippen LogP contribution in [-0.4, -0.2) is 30.4 Å². The summed E-state index contributed by atoms with van der Waals surface area (Å²) in [6.45, 7) is 3.33. The highest BCUT2D eigenvalue weighted by Crippen LogP contribution is 2.08. The Morgan fingerprint density at radius 3 is 2.38 bits per heavy atom. The number of benzene rings is 1. The van der Waals surface area contributed by atoms with Crippen molar-refractivity contribution in [3.63, 3.8) is 0 Å². The molecule has 3 N–H and O–H groups in total. The molecule has 0 bridgehead atoms. The van der Waals surface area contributed by atoms with E-state index in [1.165, 1.54) is 12.3 Å². The molecule has 1 atom stereocenters. The molecule has 1 heterocycles. The summed E-state index contributed by atoms with van der Waals surface area (Å²) in [5.41, 5.74) is 4.51. The number of ether oxygens (including phenoxy) is 1. The highest BCUT2D eigenvalue weighted by molar-refractivity contribution is 5.94. The molecule has 138 valence electrons. The second-order valence-corrected chi connectivity index (χ2v) is 5.81. The van der Waals surface area contributed by atoms with E-state index in [0.717, 1.165) is 0 Å². The van der Waals surface area contributed by atoms with Crippen LogP contribution in [0.5, 0.6) is 5.75 Å². The summed E-state index contributed by atoms with van der Waals surface area (Å²) in [4.78, 5) is 36.1. The molecule has 8 nitrogen and oxygen atoms in total. The topological polar surface area (TPSA) is 110 Å². The number of nitrogens with one attached hydrogen (secondary N) is 3. The Balaban J connectivity index is 1.83. The monoisotopic (exact) mass is 359 g/mol. The fourth-order valence-corrected chi connectivity index (χ4v) is 2.08. The summed E-state index contributed by atoms with van der Waals surface area (Å²) in [6, 6.07) is 11.1. The molecule has 2 rings (SSSR count). The Morgan fingerprint density at radius 1 is 1.04 bits per heavy atom. The fraction of sp³-hybridized carbons (Fsp3) is 0.278. The van der Waals surface area contributed by atoms with Gasteiger partial charge in [-0.1, -0.05) is 32.0 Å². The third kappa shape index (κ3) is 5.66. The van der Waals surface area contributed by atoms with Crippen molar-refractivity contribution in [1.82, 2.24) is 16.2 Å². The van der Waals surface area contributed by atoms with Gasteiger partial charge in [-0.2, -0.15) is 0 Å². The average Bonchev–Trinajstić information content (AvgIpc) is 3.17. The first-order chi connectivity index (χ1) is 12.5. The maximum Gasteiger partial charge on any atom is 0.305 e. The maximum atomic E-state index is 12.3. The number of rotatable bonds is 7. The van der Waals surface area contributed by atoms with Crippen LogP contribution in [0.1, 0.15) is 24.4 Å². The van der Waals surface area contributed by atoms with Crippen molar-refractivity contribution in [2.75, 3.05) is 6.61 Å². The number of para-hydroxylation sites is 1. The zero-order valence-corrected chi connectivity index (χ0v) is 14.5. The Kier molecular flexibility index (Phi) is 6.78. The van der Waals surface area contributed by atoms with Gasteiger partial charge < -0.3 is 14.5 Å². The molecule has 2 aromatic rings. The molecule has 8 heteroatoms. The molecule has 1 aromatic carbocycles. The first kappa shape index (κ1) is 19.0. The molecule has 0 radical (unpaired) electrons. The molecule has 0 aliphatic heterocycles. The second-order valence-electron chi connectivity index (χ2n) is 5.81. The van der Waals surface area contributed by atoms with Gasteiger partial charge in [0.2, 0.25) is 0 Å². The molecule has 0 fully saturated rings. The molecule has 1 aromatic heterocycles. The molecule has 26 heavy (non-hydrogen) atoms. The maximum absolute atomic E-state index is 12.3. The zero-order chi connectivity index (χ0) is 18.9. The average molecular weight is 359 g/mol. The molecule has 0 spiro atoms. The van der Waals surface area contributed by atoms with Crippen molar-refractivity contribution < 1.29 is 23.5 Å². The van der Waals surface area contributed by atoms with E-state index in [4.69, 9.17) is 9.15 Å². The van der Waals surface area contributed by atoms with Crippen molar-refractivity contribution in [2.45, 2.75) is 19.9 Å². The highest BCUT2D eigenvalue weighted by atomic mass is 16.5. The van der Waals surface area contributed by atoms with Crippen molar-refractivity contribution in [3.8, 4) is 5.75 Å². The van der Waals surface area contributed by atoms with Crippen molar-refractivity contribution in [3.05, 3.63) is 54.5 Å². The minimum atomic E-state index is -0.834. The molecule has 0 aliphatic rings. The van der Waals surface area contributed by atoms with Gasteiger partial charge in [0.05, 0.1) is 6.26 Å². The largest absolute Gasteiger partial charge is 0.484 e. The summed E-state index contributed by atoms with van der Waals surface area (Å²) >= 11 is 0. The molecule has 3 amide bonds. The summed E-state index contributed by atoms with van der Waals surface area (Å²) in [6.07, 6.45) is 1.35. The van der Waals surface area contributed by atoms with Crippen LogP contribution in [0.2, 0.25) is 0 Å². The fourth-order valence-electron chi connectivity index (χ4n) is 2.08. The van der Waals surface area contributed by atoms with Gasteiger partial charge in [-0.3, -0.25) is 25.2 Å². The Bertz CT molecular complexity index is 729. The number of hydrogen-bond acceptors (Lipinski definition) is 5. The molecule has 0 saturated carbocycles. The predicted molar refractivity (Wildman–Crippen MR) is 93.0 cm³/mol. The van der Waals surface area contributed by atoms with Crippen LogP contribution in [0.25, 0.3) is 0 Å². The van der Waals surface area contributed by atoms with Crippen LogP contribution in [0, 0.1) is 5.92 Å². The Hall–Kier alpha value is -3.29. The minimum absolute atomic E-state index is 0.0618. The lowest BCUT2D eigenvalue weighted by molar-refractivity contribution is -0.131. The first-order valence-electron chi connectivity index (χ1n) is 8.08. The SMILES string of the molecule is CC(C)[C@H](NC(=O)COc1ccccc1)C(=O)NNC(=O)c1ccco1. The van der Waals surface area contributed by atoms with Crippen LogP contribution in [0.3, 0.4) is 0 Å². The highest BCUT2D eigenvalue weighted by Gasteiger charge is 2.25. The summed E-state index contributed by atoms with van der Waals surface area (Å²) in [7, 11) is 0. The Morgan fingerprint density at radius 2 is 1.77 bits per heavy atom. The van der Waals surface area contributed by atoms with E-state index in [1.54, 1.807) is 44.2 Å². The van der Waals surface area contributed by atoms with Gasteiger partial charge in [0.15, 0.2) is 12.4 Å². The van der Waals surface area contributed by atoms with Crippen LogP contribution in [0.15, 0.2) is 53.1 Å². The molecule has 0 unspecified atom stereocenters. The van der Waals surface area contributed by atoms with Gasteiger partial charge in [-0.15, -0.1) is 0 Å². The third-order valence-electron chi connectivity index (χ3n) is 3.42.